The summed E-state index contributed by atoms with van der Waals surface area (Å²) in [6.07, 6.45) is -5.05. The quantitative estimate of drug-likeness (QED) is 0.112. The normalized spacial score (nSPS) is 20.1. The van der Waals surface area contributed by atoms with Crippen LogP contribution in [0.4, 0.5) is 0 Å². The number of carbonyl (C=O) groups is 2. The molecular formula is C42H40O8. The van der Waals surface area contributed by atoms with Crippen LogP contribution >= 0.6 is 0 Å². The van der Waals surface area contributed by atoms with Crippen LogP contribution in [0, 0.1) is 6.92 Å². The van der Waals surface area contributed by atoms with Gasteiger partial charge in [0.05, 0.1) is 37.6 Å². The molecule has 8 heteroatoms. The lowest BCUT2D eigenvalue weighted by atomic mass is 9.97. The number of hydrogen-bond acceptors (Lipinski definition) is 8. The zero-order valence-electron chi connectivity index (χ0n) is 27.8. The van der Waals surface area contributed by atoms with E-state index in [1.807, 2.05) is 116 Å². The molecule has 0 bridgehead atoms. The Morgan fingerprint density at radius 2 is 0.980 bits per heavy atom. The van der Waals surface area contributed by atoms with Crippen molar-refractivity contribution in [3.05, 3.63) is 179 Å². The third kappa shape index (κ3) is 9.52. The summed E-state index contributed by atoms with van der Waals surface area (Å²) in [6, 6.07) is 44.8. The Labute approximate surface area is 292 Å². The number of esters is 2. The van der Waals surface area contributed by atoms with E-state index in [-0.39, 0.29) is 19.8 Å². The third-order valence-corrected chi connectivity index (χ3v) is 8.32. The number of benzene rings is 5. The summed E-state index contributed by atoms with van der Waals surface area (Å²) in [6.45, 7) is 2.74. The Morgan fingerprint density at radius 3 is 1.54 bits per heavy atom. The maximum atomic E-state index is 13.7. The van der Waals surface area contributed by atoms with Gasteiger partial charge in [-0.1, -0.05) is 127 Å². The molecule has 0 unspecified atom stereocenters. The van der Waals surface area contributed by atoms with Crippen LogP contribution in [-0.4, -0.2) is 49.3 Å². The van der Waals surface area contributed by atoms with Crippen LogP contribution in [0.25, 0.3) is 0 Å². The highest BCUT2D eigenvalue weighted by Crippen LogP contribution is 2.32. The number of ether oxygens (including phenoxy) is 6. The molecule has 5 aromatic rings. The maximum Gasteiger partial charge on any atom is 0.340 e. The third-order valence-electron chi connectivity index (χ3n) is 8.32. The number of aryl methyl sites for hydroxylation is 1. The van der Waals surface area contributed by atoms with Gasteiger partial charge in [-0.2, -0.15) is 0 Å². The molecule has 0 radical (unpaired) electrons. The Balaban J connectivity index is 1.35. The van der Waals surface area contributed by atoms with Gasteiger partial charge in [-0.25, -0.2) is 9.59 Å². The lowest BCUT2D eigenvalue weighted by Gasteiger charge is -2.45. The molecule has 0 saturated carbocycles. The molecular weight excluding hydrogens is 632 g/mol. The van der Waals surface area contributed by atoms with Crippen LogP contribution in [0.5, 0.6) is 0 Å². The van der Waals surface area contributed by atoms with Crippen LogP contribution in [0.2, 0.25) is 0 Å². The minimum Gasteiger partial charge on any atom is -0.449 e. The van der Waals surface area contributed by atoms with E-state index in [1.54, 1.807) is 36.4 Å². The molecule has 256 valence electrons. The fourth-order valence-electron chi connectivity index (χ4n) is 5.65. The molecule has 8 nitrogen and oxygen atoms in total. The zero-order valence-corrected chi connectivity index (χ0v) is 27.8. The molecule has 1 fully saturated rings. The zero-order chi connectivity index (χ0) is 34.5. The number of carbonyl (C=O) groups excluding carboxylic acids is 2. The highest BCUT2D eigenvalue weighted by molar-refractivity contribution is 5.90. The molecule has 1 aliphatic rings. The second-order valence-electron chi connectivity index (χ2n) is 12.1. The minimum atomic E-state index is -1.35. The summed E-state index contributed by atoms with van der Waals surface area (Å²) in [7, 11) is 0. The van der Waals surface area contributed by atoms with Crippen molar-refractivity contribution in [2.24, 2.45) is 0 Å². The van der Waals surface area contributed by atoms with Crippen LogP contribution in [-0.2, 0) is 48.2 Å². The first kappa shape index (κ1) is 34.7. The van der Waals surface area contributed by atoms with Crippen molar-refractivity contribution in [3.8, 4) is 0 Å². The highest BCUT2D eigenvalue weighted by atomic mass is 16.7. The second kappa shape index (κ2) is 17.5. The molecule has 5 atom stereocenters. The Hall–Kier alpha value is -5.12. The smallest absolute Gasteiger partial charge is 0.340 e. The largest absolute Gasteiger partial charge is 0.449 e. The molecule has 6 rings (SSSR count). The lowest BCUT2D eigenvalue weighted by Crippen LogP contribution is -2.62. The van der Waals surface area contributed by atoms with Crippen molar-refractivity contribution in [3.63, 3.8) is 0 Å². The van der Waals surface area contributed by atoms with Crippen molar-refractivity contribution < 1.29 is 38.0 Å². The van der Waals surface area contributed by atoms with E-state index in [2.05, 4.69) is 0 Å². The van der Waals surface area contributed by atoms with Gasteiger partial charge in [0.1, 0.15) is 18.3 Å². The molecule has 0 N–H and O–H groups in total. The maximum absolute atomic E-state index is 13.7. The summed E-state index contributed by atoms with van der Waals surface area (Å²) in [4.78, 5) is 27.2. The fraction of sp³-hybridized carbons (Fsp3) is 0.238. The molecule has 1 aliphatic heterocycles. The summed E-state index contributed by atoms with van der Waals surface area (Å²) in [5, 5.41) is 0. The summed E-state index contributed by atoms with van der Waals surface area (Å²) in [5.41, 5.74) is 4.47. The van der Waals surface area contributed by atoms with Gasteiger partial charge >= 0.3 is 11.9 Å². The van der Waals surface area contributed by atoms with Crippen molar-refractivity contribution >= 4 is 11.9 Å². The Kier molecular flexibility index (Phi) is 12.2. The predicted molar refractivity (Wildman–Crippen MR) is 187 cm³/mol. The van der Waals surface area contributed by atoms with E-state index < -0.39 is 42.6 Å². The van der Waals surface area contributed by atoms with Crippen molar-refractivity contribution in [2.45, 2.75) is 57.5 Å². The van der Waals surface area contributed by atoms with E-state index >= 15 is 0 Å². The fourth-order valence-corrected chi connectivity index (χ4v) is 5.65. The Bertz CT molecular complexity index is 1770. The molecule has 0 aromatic heterocycles. The Morgan fingerprint density at radius 1 is 0.520 bits per heavy atom. The second-order valence-corrected chi connectivity index (χ2v) is 12.1. The first-order valence-corrected chi connectivity index (χ1v) is 16.7. The molecule has 0 amide bonds. The van der Waals surface area contributed by atoms with Crippen molar-refractivity contribution in [2.75, 3.05) is 6.61 Å². The summed E-state index contributed by atoms with van der Waals surface area (Å²) in [5.74, 6) is -1.25. The number of hydrogen-bond donors (Lipinski definition) is 0. The molecule has 1 heterocycles. The molecule has 5 aromatic carbocycles. The van der Waals surface area contributed by atoms with Gasteiger partial charge in [0.15, 0.2) is 6.10 Å². The number of rotatable bonds is 14. The van der Waals surface area contributed by atoms with E-state index in [9.17, 15) is 9.59 Å². The molecule has 50 heavy (non-hydrogen) atoms. The van der Waals surface area contributed by atoms with E-state index in [4.69, 9.17) is 28.4 Å². The first-order chi connectivity index (χ1) is 24.5. The van der Waals surface area contributed by atoms with Crippen molar-refractivity contribution in [1.82, 2.24) is 0 Å². The van der Waals surface area contributed by atoms with Gasteiger partial charge in [0.25, 0.3) is 0 Å². The molecule has 0 spiro atoms. The molecule has 1 saturated heterocycles. The average molecular weight is 673 g/mol. The van der Waals surface area contributed by atoms with Gasteiger partial charge in [0, 0.05) is 0 Å². The molecule has 0 aliphatic carbocycles. The average Bonchev–Trinajstić information content (AvgIpc) is 3.16. The van der Waals surface area contributed by atoms with E-state index in [0.717, 1.165) is 22.3 Å². The monoisotopic (exact) mass is 672 g/mol. The standard InChI is InChI=1S/C42H40O8/c1-30-22-24-35(25-23-30)40(43)49-39-38(47-28-33-18-10-4-11-19-33)37(46-27-32-16-8-3-9-17-32)36(29-45-26-31-14-6-2-7-15-31)48-42(39)50-41(44)34-20-12-5-13-21-34/h2-25,36-39,42H,26-29H2,1H3/t36-,37-,38+,39-,42+/m1/s1. The predicted octanol–water partition coefficient (Wildman–Crippen LogP) is 7.49. The van der Waals surface area contributed by atoms with Crippen molar-refractivity contribution in [1.29, 1.82) is 0 Å². The van der Waals surface area contributed by atoms with E-state index in [1.165, 1.54) is 0 Å². The summed E-state index contributed by atoms with van der Waals surface area (Å²) >= 11 is 0. The van der Waals surface area contributed by atoms with Gasteiger partial charge in [-0.05, 0) is 47.9 Å². The highest BCUT2D eigenvalue weighted by Gasteiger charge is 2.51. The van der Waals surface area contributed by atoms with Gasteiger partial charge in [-0.15, -0.1) is 0 Å². The van der Waals surface area contributed by atoms with Crippen LogP contribution in [0.1, 0.15) is 43.0 Å². The van der Waals surface area contributed by atoms with Gasteiger partial charge in [0.2, 0.25) is 6.29 Å². The first-order valence-electron chi connectivity index (χ1n) is 16.7. The van der Waals surface area contributed by atoms with Crippen LogP contribution in [0.15, 0.2) is 146 Å². The van der Waals surface area contributed by atoms with Crippen LogP contribution < -0.4 is 0 Å². The van der Waals surface area contributed by atoms with E-state index in [0.29, 0.717) is 17.7 Å². The lowest BCUT2D eigenvalue weighted by molar-refractivity contribution is -0.304. The minimum absolute atomic E-state index is 0.0809. The van der Waals surface area contributed by atoms with Gasteiger partial charge in [-0.3, -0.25) is 0 Å². The summed E-state index contributed by atoms with van der Waals surface area (Å²) < 4.78 is 38.1. The van der Waals surface area contributed by atoms with Gasteiger partial charge < -0.3 is 28.4 Å². The van der Waals surface area contributed by atoms with Crippen LogP contribution in [0.3, 0.4) is 0 Å². The SMILES string of the molecule is Cc1ccc(C(=O)O[C@H]2[C@H](OC(=O)c3ccccc3)O[C@H](COCc3ccccc3)[C@@H](OCc3ccccc3)[C@@H]2OCc2ccccc2)cc1. The topological polar surface area (TPSA) is 89.5 Å².